The number of aromatic nitrogens is 2. The van der Waals surface area contributed by atoms with Crippen molar-refractivity contribution in [3.63, 3.8) is 0 Å². The van der Waals surface area contributed by atoms with Crippen LogP contribution in [0.1, 0.15) is 33.1 Å². The lowest BCUT2D eigenvalue weighted by atomic mass is 9.92. The molecule has 0 radical (unpaired) electrons. The Morgan fingerprint density at radius 3 is 2.67 bits per heavy atom. The number of halogens is 1. The summed E-state index contributed by atoms with van der Waals surface area (Å²) in [7, 11) is 0. The monoisotopic (exact) mass is 231 g/mol. The Hall–Kier alpha value is -0.770. The summed E-state index contributed by atoms with van der Waals surface area (Å²) in [5.74, 6) is 1.09. The van der Waals surface area contributed by atoms with Crippen LogP contribution in [0.2, 0.25) is 0 Å². The SMILES string of the molecule is CC(C)(C)CCNc1nnc(CCCl)o1. The molecule has 0 aliphatic carbocycles. The van der Waals surface area contributed by atoms with Crippen LogP contribution in [-0.2, 0) is 6.42 Å². The third-order valence-electron chi connectivity index (χ3n) is 1.93. The molecule has 0 aromatic carbocycles. The minimum atomic E-state index is 0.311. The molecule has 0 spiro atoms. The highest BCUT2D eigenvalue weighted by Crippen LogP contribution is 2.18. The minimum absolute atomic E-state index is 0.311. The topological polar surface area (TPSA) is 51.0 Å². The van der Waals surface area contributed by atoms with E-state index in [9.17, 15) is 0 Å². The van der Waals surface area contributed by atoms with Gasteiger partial charge in [-0.1, -0.05) is 25.9 Å². The summed E-state index contributed by atoms with van der Waals surface area (Å²) in [5.41, 5.74) is 0.311. The van der Waals surface area contributed by atoms with Crippen LogP contribution < -0.4 is 5.32 Å². The van der Waals surface area contributed by atoms with Gasteiger partial charge in [0.05, 0.1) is 0 Å². The van der Waals surface area contributed by atoms with Gasteiger partial charge in [-0.2, -0.15) is 0 Å². The Labute approximate surface area is 95.4 Å². The van der Waals surface area contributed by atoms with Crippen molar-refractivity contribution < 1.29 is 4.42 Å². The Kier molecular flexibility index (Phi) is 4.39. The van der Waals surface area contributed by atoms with Crippen molar-refractivity contribution >= 4 is 17.6 Å². The first-order valence-corrected chi connectivity index (χ1v) is 5.67. The molecular formula is C10H18ClN3O. The minimum Gasteiger partial charge on any atom is -0.408 e. The van der Waals surface area contributed by atoms with Crippen LogP contribution in [0.15, 0.2) is 4.42 Å². The number of nitrogens with zero attached hydrogens (tertiary/aromatic N) is 2. The van der Waals surface area contributed by atoms with Crippen LogP contribution >= 0.6 is 11.6 Å². The van der Waals surface area contributed by atoms with Gasteiger partial charge in [0, 0.05) is 18.8 Å². The van der Waals surface area contributed by atoms with Crippen molar-refractivity contribution in [3.8, 4) is 0 Å². The zero-order chi connectivity index (χ0) is 11.3. The molecule has 1 N–H and O–H groups in total. The molecule has 86 valence electrons. The van der Waals surface area contributed by atoms with E-state index in [1.54, 1.807) is 0 Å². The van der Waals surface area contributed by atoms with E-state index in [4.69, 9.17) is 16.0 Å². The number of anilines is 1. The standard InChI is InChI=1S/C10H18ClN3O/c1-10(2,3)5-7-12-9-14-13-8(15-9)4-6-11/h4-7H2,1-3H3,(H,12,14). The summed E-state index contributed by atoms with van der Waals surface area (Å²) in [6, 6.07) is 0.486. The molecule has 0 unspecified atom stereocenters. The number of alkyl halides is 1. The highest BCUT2D eigenvalue weighted by molar-refractivity contribution is 6.17. The average Bonchev–Trinajstić information content (AvgIpc) is 2.51. The second kappa shape index (κ2) is 5.35. The molecule has 0 bridgehead atoms. The lowest BCUT2D eigenvalue weighted by molar-refractivity contribution is 0.387. The van der Waals surface area contributed by atoms with Gasteiger partial charge in [0.15, 0.2) is 0 Å². The van der Waals surface area contributed by atoms with Crippen LogP contribution in [-0.4, -0.2) is 22.6 Å². The molecule has 1 aromatic rings. The molecule has 4 nitrogen and oxygen atoms in total. The fraction of sp³-hybridized carbons (Fsp3) is 0.800. The highest BCUT2D eigenvalue weighted by atomic mass is 35.5. The molecular weight excluding hydrogens is 214 g/mol. The molecule has 0 saturated carbocycles. The van der Waals surface area contributed by atoms with Gasteiger partial charge in [-0.25, -0.2) is 0 Å². The Morgan fingerprint density at radius 2 is 2.07 bits per heavy atom. The predicted octanol–water partition coefficient (Wildman–Crippen LogP) is 2.70. The van der Waals surface area contributed by atoms with Crippen molar-refractivity contribution in [2.75, 3.05) is 17.7 Å². The Balaban J connectivity index is 2.31. The lowest BCUT2D eigenvalue weighted by Crippen LogP contribution is -2.12. The molecule has 0 amide bonds. The van der Waals surface area contributed by atoms with E-state index < -0.39 is 0 Å². The molecule has 0 aliphatic heterocycles. The van der Waals surface area contributed by atoms with Gasteiger partial charge in [0.1, 0.15) is 0 Å². The zero-order valence-corrected chi connectivity index (χ0v) is 10.3. The molecule has 1 aromatic heterocycles. The van der Waals surface area contributed by atoms with E-state index in [1.807, 2.05) is 0 Å². The van der Waals surface area contributed by atoms with Gasteiger partial charge < -0.3 is 9.73 Å². The van der Waals surface area contributed by atoms with E-state index >= 15 is 0 Å². The molecule has 5 heteroatoms. The number of hydrogen-bond donors (Lipinski definition) is 1. The van der Waals surface area contributed by atoms with E-state index in [2.05, 4.69) is 36.3 Å². The molecule has 0 atom stereocenters. The maximum atomic E-state index is 5.56. The fourth-order valence-corrected chi connectivity index (χ4v) is 1.21. The molecule has 0 saturated heterocycles. The van der Waals surface area contributed by atoms with Crippen molar-refractivity contribution in [3.05, 3.63) is 5.89 Å². The number of hydrogen-bond acceptors (Lipinski definition) is 4. The van der Waals surface area contributed by atoms with E-state index in [1.165, 1.54) is 0 Å². The maximum Gasteiger partial charge on any atom is 0.315 e. The quantitative estimate of drug-likeness (QED) is 0.792. The summed E-state index contributed by atoms with van der Waals surface area (Å²) in [4.78, 5) is 0. The van der Waals surface area contributed by atoms with Crippen LogP contribution in [0.5, 0.6) is 0 Å². The second-order valence-corrected chi connectivity index (χ2v) is 5.06. The van der Waals surface area contributed by atoms with Crippen molar-refractivity contribution in [2.45, 2.75) is 33.6 Å². The van der Waals surface area contributed by atoms with Gasteiger partial charge in [-0.15, -0.1) is 16.7 Å². The maximum absolute atomic E-state index is 5.56. The first-order chi connectivity index (χ1) is 7.01. The highest BCUT2D eigenvalue weighted by Gasteiger charge is 2.10. The normalized spacial score (nSPS) is 11.7. The molecule has 1 heterocycles. The Morgan fingerprint density at radius 1 is 1.33 bits per heavy atom. The predicted molar refractivity (Wildman–Crippen MR) is 61.3 cm³/mol. The summed E-state index contributed by atoms with van der Waals surface area (Å²) in [5, 5.41) is 10.8. The summed E-state index contributed by atoms with van der Waals surface area (Å²) in [6.07, 6.45) is 1.68. The van der Waals surface area contributed by atoms with E-state index in [0.717, 1.165) is 13.0 Å². The van der Waals surface area contributed by atoms with Crippen LogP contribution in [0.3, 0.4) is 0 Å². The number of nitrogens with one attached hydrogen (secondary N) is 1. The van der Waals surface area contributed by atoms with Gasteiger partial charge in [0.2, 0.25) is 5.89 Å². The van der Waals surface area contributed by atoms with Gasteiger partial charge in [-0.05, 0) is 11.8 Å². The molecule has 1 rings (SSSR count). The molecule has 0 fully saturated rings. The van der Waals surface area contributed by atoms with E-state index in [0.29, 0.717) is 29.6 Å². The van der Waals surface area contributed by atoms with Crippen molar-refractivity contribution in [1.29, 1.82) is 0 Å². The zero-order valence-electron chi connectivity index (χ0n) is 9.51. The third-order valence-corrected chi connectivity index (χ3v) is 2.12. The second-order valence-electron chi connectivity index (χ2n) is 4.68. The third kappa shape index (κ3) is 5.02. The number of aryl methyl sites for hydroxylation is 1. The number of rotatable bonds is 5. The first-order valence-electron chi connectivity index (χ1n) is 5.13. The summed E-state index contributed by atoms with van der Waals surface area (Å²) >= 11 is 5.56. The molecule has 15 heavy (non-hydrogen) atoms. The fourth-order valence-electron chi connectivity index (χ4n) is 1.05. The van der Waals surface area contributed by atoms with Crippen molar-refractivity contribution in [1.82, 2.24) is 10.2 Å². The van der Waals surface area contributed by atoms with Gasteiger partial charge >= 0.3 is 6.01 Å². The van der Waals surface area contributed by atoms with Gasteiger partial charge in [-0.3, -0.25) is 0 Å². The lowest BCUT2D eigenvalue weighted by Gasteiger charge is -2.17. The van der Waals surface area contributed by atoms with E-state index in [-0.39, 0.29) is 0 Å². The van der Waals surface area contributed by atoms with Gasteiger partial charge in [0.25, 0.3) is 0 Å². The van der Waals surface area contributed by atoms with Crippen molar-refractivity contribution in [2.24, 2.45) is 5.41 Å². The van der Waals surface area contributed by atoms with Crippen LogP contribution in [0.25, 0.3) is 0 Å². The first kappa shape index (κ1) is 12.3. The smallest absolute Gasteiger partial charge is 0.315 e. The largest absolute Gasteiger partial charge is 0.408 e. The van der Waals surface area contributed by atoms with Crippen LogP contribution in [0, 0.1) is 5.41 Å². The Bertz CT molecular complexity index is 293. The summed E-state index contributed by atoms with van der Waals surface area (Å²) in [6.45, 7) is 7.43. The average molecular weight is 232 g/mol. The summed E-state index contributed by atoms with van der Waals surface area (Å²) < 4.78 is 5.32. The molecule has 0 aliphatic rings. The van der Waals surface area contributed by atoms with Crippen LogP contribution in [0.4, 0.5) is 6.01 Å².